The standard InChI is InChI=1S/C30H30Cl5N3O4S/c1-43(41,42)38(27-16-25(34)24(33)15-26(27)35)18-29(39)37(17-20-11-12-21(31)14-23(20)32)28(13-19-7-3-2-4-8-19)30(40)36-22-9-5-6-10-22/h2-4,7-8,11-12,14-16,22,28H,5-6,9-10,13,17-18H2,1H3,(H,36,40). The lowest BCUT2D eigenvalue weighted by Crippen LogP contribution is -2.54. The average molecular weight is 706 g/mol. The summed E-state index contributed by atoms with van der Waals surface area (Å²) in [6, 6.07) is 15.7. The van der Waals surface area contributed by atoms with E-state index in [9.17, 15) is 18.0 Å². The van der Waals surface area contributed by atoms with Crippen molar-refractivity contribution >= 4 is 85.5 Å². The molecule has 0 heterocycles. The van der Waals surface area contributed by atoms with Gasteiger partial charge in [-0.2, -0.15) is 0 Å². The topological polar surface area (TPSA) is 86.8 Å². The number of hydrogen-bond acceptors (Lipinski definition) is 4. The first-order valence-electron chi connectivity index (χ1n) is 13.5. The van der Waals surface area contributed by atoms with Gasteiger partial charge in [-0.1, -0.05) is 107 Å². The van der Waals surface area contributed by atoms with Crippen LogP contribution in [0, 0.1) is 0 Å². The van der Waals surface area contributed by atoms with Gasteiger partial charge >= 0.3 is 0 Å². The second kappa shape index (κ2) is 14.7. The largest absolute Gasteiger partial charge is 0.352 e. The van der Waals surface area contributed by atoms with Crippen LogP contribution in [-0.2, 0) is 32.6 Å². The summed E-state index contributed by atoms with van der Waals surface area (Å²) in [7, 11) is -4.05. The van der Waals surface area contributed by atoms with Crippen molar-refractivity contribution in [2.75, 3.05) is 17.1 Å². The molecule has 7 nitrogen and oxygen atoms in total. The van der Waals surface area contributed by atoms with Crippen molar-refractivity contribution in [3.63, 3.8) is 0 Å². The number of amides is 2. The first kappa shape index (κ1) is 33.7. The van der Waals surface area contributed by atoms with Gasteiger partial charge in [0.05, 0.1) is 27.0 Å². The minimum atomic E-state index is -4.05. The number of halogens is 5. The van der Waals surface area contributed by atoms with Crippen molar-refractivity contribution in [1.29, 1.82) is 0 Å². The predicted octanol–water partition coefficient (Wildman–Crippen LogP) is 7.42. The van der Waals surface area contributed by atoms with Crippen LogP contribution < -0.4 is 9.62 Å². The van der Waals surface area contributed by atoms with Crippen LogP contribution in [0.4, 0.5) is 5.69 Å². The minimum Gasteiger partial charge on any atom is -0.352 e. The van der Waals surface area contributed by atoms with Gasteiger partial charge in [-0.3, -0.25) is 13.9 Å². The quantitative estimate of drug-likeness (QED) is 0.211. The molecule has 230 valence electrons. The van der Waals surface area contributed by atoms with Crippen molar-refractivity contribution < 1.29 is 18.0 Å². The first-order valence-corrected chi connectivity index (χ1v) is 17.3. The van der Waals surface area contributed by atoms with Crippen molar-refractivity contribution in [3.8, 4) is 0 Å². The van der Waals surface area contributed by atoms with E-state index in [0.717, 1.165) is 41.8 Å². The summed E-state index contributed by atoms with van der Waals surface area (Å²) < 4.78 is 26.9. The highest BCUT2D eigenvalue weighted by molar-refractivity contribution is 7.92. The van der Waals surface area contributed by atoms with Gasteiger partial charge in [-0.25, -0.2) is 8.42 Å². The molecule has 1 saturated carbocycles. The molecule has 4 rings (SSSR count). The number of rotatable bonds is 11. The third kappa shape index (κ3) is 8.93. The Morgan fingerprint density at radius 2 is 1.53 bits per heavy atom. The van der Waals surface area contributed by atoms with Crippen molar-refractivity contribution in [1.82, 2.24) is 10.2 Å². The predicted molar refractivity (Wildman–Crippen MR) is 175 cm³/mol. The second-order valence-corrected chi connectivity index (χ2v) is 14.4. The summed E-state index contributed by atoms with van der Waals surface area (Å²) >= 11 is 31.3. The zero-order valence-corrected chi connectivity index (χ0v) is 27.8. The minimum absolute atomic E-state index is 0.00983. The molecule has 0 aromatic heterocycles. The highest BCUT2D eigenvalue weighted by Gasteiger charge is 2.35. The Balaban J connectivity index is 1.78. The lowest BCUT2D eigenvalue weighted by molar-refractivity contribution is -0.140. The van der Waals surface area contributed by atoms with Crippen molar-refractivity contribution in [3.05, 3.63) is 96.9 Å². The van der Waals surface area contributed by atoms with Gasteiger partial charge in [-0.05, 0) is 48.2 Å². The molecule has 1 aliphatic rings. The molecular weight excluding hydrogens is 676 g/mol. The molecule has 3 aromatic carbocycles. The molecule has 13 heteroatoms. The van der Waals surface area contributed by atoms with E-state index in [-0.39, 0.29) is 45.7 Å². The van der Waals surface area contributed by atoms with E-state index in [1.165, 1.54) is 17.0 Å². The van der Waals surface area contributed by atoms with E-state index in [1.54, 1.807) is 18.2 Å². The van der Waals surface area contributed by atoms with Gasteiger partial charge in [0, 0.05) is 29.1 Å². The molecule has 0 bridgehead atoms. The summed E-state index contributed by atoms with van der Waals surface area (Å²) in [6.07, 6.45) is 4.84. The number of nitrogens with one attached hydrogen (secondary N) is 1. The zero-order valence-electron chi connectivity index (χ0n) is 23.2. The first-order chi connectivity index (χ1) is 20.3. The smallest absolute Gasteiger partial charge is 0.244 e. The number of carbonyl (C=O) groups is 2. The van der Waals surface area contributed by atoms with Gasteiger partial charge in [0.1, 0.15) is 12.6 Å². The summed E-state index contributed by atoms with van der Waals surface area (Å²) in [6.45, 7) is -0.749. The highest BCUT2D eigenvalue weighted by Crippen LogP contribution is 2.36. The van der Waals surface area contributed by atoms with E-state index < -0.39 is 28.5 Å². The molecule has 1 N–H and O–H groups in total. The Morgan fingerprint density at radius 1 is 0.884 bits per heavy atom. The van der Waals surface area contributed by atoms with Crippen LogP contribution in [0.1, 0.15) is 36.8 Å². The molecule has 1 unspecified atom stereocenters. The van der Waals surface area contributed by atoms with E-state index in [0.29, 0.717) is 15.6 Å². The Kier molecular flexibility index (Phi) is 11.5. The van der Waals surface area contributed by atoms with E-state index >= 15 is 0 Å². The molecule has 3 aromatic rings. The molecule has 0 saturated heterocycles. The van der Waals surface area contributed by atoms with Crippen molar-refractivity contribution in [2.24, 2.45) is 0 Å². The van der Waals surface area contributed by atoms with Crippen LogP contribution in [-0.4, -0.2) is 50.0 Å². The Hall–Kier alpha value is -2.20. The molecular formula is C30H30Cl5N3O4S. The number of sulfonamides is 1. The highest BCUT2D eigenvalue weighted by atomic mass is 35.5. The average Bonchev–Trinajstić information content (AvgIpc) is 3.45. The lowest BCUT2D eigenvalue weighted by atomic mass is 10.0. The van der Waals surface area contributed by atoms with Crippen LogP contribution in [0.5, 0.6) is 0 Å². The van der Waals surface area contributed by atoms with Crippen LogP contribution in [0.2, 0.25) is 25.1 Å². The summed E-state index contributed by atoms with van der Waals surface area (Å²) in [4.78, 5) is 29.5. The molecule has 0 spiro atoms. The maximum atomic E-state index is 14.3. The Morgan fingerprint density at radius 3 is 2.16 bits per heavy atom. The molecule has 1 fully saturated rings. The molecule has 1 atom stereocenters. The Labute approximate surface area is 277 Å². The fourth-order valence-electron chi connectivity index (χ4n) is 5.05. The number of carbonyl (C=O) groups excluding carboxylic acids is 2. The lowest BCUT2D eigenvalue weighted by Gasteiger charge is -2.34. The monoisotopic (exact) mass is 703 g/mol. The number of nitrogens with zero attached hydrogens (tertiary/aromatic N) is 2. The van der Waals surface area contributed by atoms with E-state index in [4.69, 9.17) is 58.0 Å². The molecule has 0 aliphatic heterocycles. The summed E-state index contributed by atoms with van der Waals surface area (Å²) in [5.74, 6) is -0.992. The van der Waals surface area contributed by atoms with Gasteiger partial charge in [0.25, 0.3) is 0 Å². The molecule has 0 radical (unpaired) electrons. The van der Waals surface area contributed by atoms with Gasteiger partial charge < -0.3 is 10.2 Å². The van der Waals surface area contributed by atoms with Gasteiger partial charge in [-0.15, -0.1) is 0 Å². The van der Waals surface area contributed by atoms with Crippen LogP contribution in [0.3, 0.4) is 0 Å². The summed E-state index contributed by atoms with van der Waals surface area (Å²) in [5.41, 5.74) is 1.33. The Bertz CT molecular complexity index is 1580. The fourth-order valence-corrected chi connectivity index (χ4v) is 7.07. The third-order valence-electron chi connectivity index (χ3n) is 7.27. The van der Waals surface area contributed by atoms with Crippen molar-refractivity contribution in [2.45, 2.75) is 50.7 Å². The van der Waals surface area contributed by atoms with E-state index in [1.807, 2.05) is 30.3 Å². The molecule has 1 aliphatic carbocycles. The zero-order chi connectivity index (χ0) is 31.3. The number of hydrogen-bond donors (Lipinski definition) is 1. The number of benzene rings is 3. The fraction of sp³-hybridized carbons (Fsp3) is 0.333. The SMILES string of the molecule is CS(=O)(=O)N(CC(=O)N(Cc1ccc(Cl)cc1Cl)C(Cc1ccccc1)C(=O)NC1CCCC1)c1cc(Cl)c(Cl)cc1Cl. The van der Waals surface area contributed by atoms with Crippen LogP contribution in [0.25, 0.3) is 0 Å². The summed E-state index contributed by atoms with van der Waals surface area (Å²) in [5, 5.41) is 3.99. The van der Waals surface area contributed by atoms with Crippen LogP contribution in [0.15, 0.2) is 60.7 Å². The number of anilines is 1. The maximum absolute atomic E-state index is 14.3. The molecule has 2 amide bonds. The van der Waals surface area contributed by atoms with E-state index in [2.05, 4.69) is 5.32 Å². The third-order valence-corrected chi connectivity index (χ3v) is 10.0. The normalized spacial score (nSPS) is 14.4. The van der Waals surface area contributed by atoms with Gasteiger partial charge in [0.15, 0.2) is 0 Å². The van der Waals surface area contributed by atoms with Crippen LogP contribution >= 0.6 is 58.0 Å². The maximum Gasteiger partial charge on any atom is 0.244 e. The van der Waals surface area contributed by atoms with Gasteiger partial charge in [0.2, 0.25) is 21.8 Å². The molecule has 43 heavy (non-hydrogen) atoms. The second-order valence-electron chi connectivity index (χ2n) is 10.4.